The number of amides is 2. The minimum Gasteiger partial charge on any atom is -0.332 e. The minimum atomic E-state index is -0.494. The van der Waals surface area contributed by atoms with Gasteiger partial charge in [0.05, 0.1) is 24.9 Å². The number of hydrogen-bond donors (Lipinski definition) is 2. The predicted octanol–water partition coefficient (Wildman–Crippen LogP) is 6.19. The van der Waals surface area contributed by atoms with Crippen LogP contribution in [0.15, 0.2) is 0 Å². The van der Waals surface area contributed by atoms with E-state index in [0.717, 1.165) is 37.9 Å². The maximum Gasteiger partial charge on any atom is 0.355 e. The maximum atomic E-state index is 11.8. The predicted molar refractivity (Wildman–Crippen MR) is 136 cm³/mol. The first-order valence-corrected chi connectivity index (χ1v) is 14.7. The zero-order chi connectivity index (χ0) is 24.4. The fraction of sp³-hybridized carbons (Fsp3) is 0.885. The van der Waals surface area contributed by atoms with Crippen molar-refractivity contribution in [3.8, 4) is 0 Å². The van der Waals surface area contributed by atoms with Crippen LogP contribution in [-0.2, 0) is 19.4 Å². The van der Waals surface area contributed by atoms with E-state index >= 15 is 0 Å². The summed E-state index contributed by atoms with van der Waals surface area (Å²) >= 11 is 1.87. The van der Waals surface area contributed by atoms with Crippen LogP contribution < -0.4 is 10.6 Å². The third kappa shape index (κ3) is 12.3. The number of unbranched alkanes of at least 4 members (excludes halogenated alkanes) is 13. The number of hydrogen-bond acceptors (Lipinski definition) is 6. The summed E-state index contributed by atoms with van der Waals surface area (Å²) in [6.07, 6.45) is 19.4. The summed E-state index contributed by atoms with van der Waals surface area (Å²) in [6.45, 7) is 2.25. The number of fused-ring (bicyclic) bond motifs is 1. The number of thioether (sulfide) groups is 1. The molecule has 3 atom stereocenters. The number of carbonyl (C=O) groups is 3. The van der Waals surface area contributed by atoms with Crippen molar-refractivity contribution in [2.24, 2.45) is 0 Å². The molecule has 2 saturated heterocycles. The van der Waals surface area contributed by atoms with Crippen LogP contribution in [-0.4, -0.2) is 41.1 Å². The van der Waals surface area contributed by atoms with E-state index in [0.29, 0.717) is 18.1 Å². The van der Waals surface area contributed by atoms with Crippen LogP contribution in [0.1, 0.15) is 122 Å². The molecule has 196 valence electrons. The molecule has 2 rings (SSSR count). The van der Waals surface area contributed by atoms with Gasteiger partial charge in [-0.15, -0.1) is 0 Å². The molecular formula is C26H46N2O5S. The van der Waals surface area contributed by atoms with Crippen LogP contribution in [0.3, 0.4) is 0 Å². The molecule has 0 aromatic heterocycles. The summed E-state index contributed by atoms with van der Waals surface area (Å²) in [4.78, 5) is 44.3. The number of rotatable bonds is 19. The van der Waals surface area contributed by atoms with Gasteiger partial charge in [0, 0.05) is 11.0 Å². The quantitative estimate of drug-likeness (QED) is 0.0954. The highest BCUT2D eigenvalue weighted by Gasteiger charge is 2.42. The Morgan fingerprint density at radius 3 is 1.82 bits per heavy atom. The Kier molecular flexibility index (Phi) is 15.2. The van der Waals surface area contributed by atoms with Crippen LogP contribution in [0.5, 0.6) is 0 Å². The van der Waals surface area contributed by atoms with Crippen LogP contribution >= 0.6 is 11.8 Å². The van der Waals surface area contributed by atoms with E-state index < -0.39 is 11.9 Å². The van der Waals surface area contributed by atoms with Crippen LogP contribution in [0.25, 0.3) is 0 Å². The normalized spacial score (nSPS) is 21.1. The van der Waals surface area contributed by atoms with Crippen LogP contribution in [0, 0.1) is 0 Å². The second-order valence-electron chi connectivity index (χ2n) is 9.77. The standard InChI is InChI=1S/C26H46N2O5S/c1-2-3-4-5-6-7-8-9-10-11-12-13-14-18-23(29)32-33-24(30)19-16-15-17-22-25-21(20-34-22)27-26(31)28-25/h21-22,25H,2-20H2,1H3,(H2,27,28,31)/t21-,22-,25-/m1/s1. The lowest BCUT2D eigenvalue weighted by Gasteiger charge is -2.16. The molecule has 7 nitrogen and oxygen atoms in total. The topological polar surface area (TPSA) is 93.7 Å². The van der Waals surface area contributed by atoms with Crippen LogP contribution in [0.2, 0.25) is 0 Å². The highest BCUT2D eigenvalue weighted by molar-refractivity contribution is 8.00. The fourth-order valence-electron chi connectivity index (χ4n) is 4.72. The lowest BCUT2D eigenvalue weighted by molar-refractivity contribution is -0.259. The molecule has 2 heterocycles. The maximum absolute atomic E-state index is 11.8. The van der Waals surface area contributed by atoms with Gasteiger partial charge < -0.3 is 10.6 Å². The fourth-order valence-corrected chi connectivity index (χ4v) is 6.26. The van der Waals surface area contributed by atoms with Gasteiger partial charge in [0.1, 0.15) is 0 Å². The van der Waals surface area contributed by atoms with Gasteiger partial charge in [-0.3, -0.25) is 0 Å². The smallest absolute Gasteiger partial charge is 0.332 e. The molecule has 0 aromatic rings. The zero-order valence-electron chi connectivity index (χ0n) is 21.1. The molecule has 0 spiro atoms. The molecule has 0 bridgehead atoms. The van der Waals surface area contributed by atoms with Crippen molar-refractivity contribution in [3.63, 3.8) is 0 Å². The Hall–Kier alpha value is -1.44. The molecule has 2 fully saturated rings. The number of nitrogens with one attached hydrogen (secondary N) is 2. The Morgan fingerprint density at radius 1 is 0.765 bits per heavy atom. The summed E-state index contributed by atoms with van der Waals surface area (Å²) in [6, 6.07) is 0.335. The third-order valence-corrected chi connectivity index (χ3v) is 8.28. The average Bonchev–Trinajstić information content (AvgIpc) is 3.37. The van der Waals surface area contributed by atoms with Crippen molar-refractivity contribution in [1.82, 2.24) is 10.6 Å². The van der Waals surface area contributed by atoms with E-state index in [9.17, 15) is 14.4 Å². The molecule has 2 aliphatic heterocycles. The van der Waals surface area contributed by atoms with Crippen molar-refractivity contribution >= 4 is 29.7 Å². The van der Waals surface area contributed by atoms with Gasteiger partial charge in [0.25, 0.3) is 0 Å². The first kappa shape index (κ1) is 28.8. The van der Waals surface area contributed by atoms with Gasteiger partial charge in [-0.05, 0) is 19.3 Å². The molecular weight excluding hydrogens is 452 g/mol. The summed E-state index contributed by atoms with van der Waals surface area (Å²) in [5, 5.41) is 6.29. The molecule has 0 radical (unpaired) electrons. The van der Waals surface area contributed by atoms with Gasteiger partial charge in [0.2, 0.25) is 0 Å². The molecule has 0 aliphatic carbocycles. The molecule has 34 heavy (non-hydrogen) atoms. The summed E-state index contributed by atoms with van der Waals surface area (Å²) in [5.41, 5.74) is 0. The van der Waals surface area contributed by atoms with Crippen molar-refractivity contribution in [3.05, 3.63) is 0 Å². The average molecular weight is 499 g/mol. The highest BCUT2D eigenvalue weighted by Crippen LogP contribution is 2.33. The Bertz CT molecular complexity index is 604. The Labute approximate surface area is 210 Å². The van der Waals surface area contributed by atoms with Crippen LogP contribution in [0.4, 0.5) is 4.79 Å². The second kappa shape index (κ2) is 17.9. The number of carbonyl (C=O) groups excluding carboxylic acids is 3. The summed E-state index contributed by atoms with van der Waals surface area (Å²) in [7, 11) is 0. The summed E-state index contributed by atoms with van der Waals surface area (Å²) < 4.78 is 0. The highest BCUT2D eigenvalue weighted by atomic mass is 32.2. The van der Waals surface area contributed by atoms with E-state index in [1.165, 1.54) is 64.2 Å². The molecule has 0 saturated carbocycles. The zero-order valence-corrected chi connectivity index (χ0v) is 21.9. The molecule has 2 amide bonds. The lowest BCUT2D eigenvalue weighted by Crippen LogP contribution is -2.36. The van der Waals surface area contributed by atoms with Gasteiger partial charge in [-0.1, -0.05) is 90.4 Å². The van der Waals surface area contributed by atoms with Gasteiger partial charge in [0.15, 0.2) is 0 Å². The molecule has 2 N–H and O–H groups in total. The van der Waals surface area contributed by atoms with Gasteiger partial charge in [-0.25, -0.2) is 24.2 Å². The van der Waals surface area contributed by atoms with Gasteiger partial charge in [-0.2, -0.15) is 11.8 Å². The van der Waals surface area contributed by atoms with E-state index in [-0.39, 0.29) is 24.5 Å². The van der Waals surface area contributed by atoms with E-state index in [2.05, 4.69) is 27.3 Å². The minimum absolute atomic E-state index is 0.0792. The molecule has 2 aliphatic rings. The van der Waals surface area contributed by atoms with E-state index in [1.54, 1.807) is 0 Å². The van der Waals surface area contributed by atoms with Crippen molar-refractivity contribution in [1.29, 1.82) is 0 Å². The lowest BCUT2D eigenvalue weighted by atomic mass is 10.0. The van der Waals surface area contributed by atoms with Crippen molar-refractivity contribution < 1.29 is 24.2 Å². The van der Waals surface area contributed by atoms with E-state index in [4.69, 9.17) is 0 Å². The Balaban J connectivity index is 1.33. The largest absolute Gasteiger partial charge is 0.355 e. The second-order valence-corrected chi connectivity index (χ2v) is 11.0. The molecule has 0 unspecified atom stereocenters. The van der Waals surface area contributed by atoms with E-state index in [1.807, 2.05) is 11.8 Å². The van der Waals surface area contributed by atoms with Gasteiger partial charge >= 0.3 is 18.0 Å². The third-order valence-electron chi connectivity index (χ3n) is 6.77. The number of urea groups is 1. The first-order chi connectivity index (χ1) is 16.6. The monoisotopic (exact) mass is 498 g/mol. The SMILES string of the molecule is CCCCCCCCCCCCCCCC(=O)OOC(=O)CCCC[C@H]1SC[C@H]2NC(=O)N[C@H]21. The molecule has 8 heteroatoms. The Morgan fingerprint density at radius 2 is 1.26 bits per heavy atom. The first-order valence-electron chi connectivity index (χ1n) is 13.7. The summed E-state index contributed by atoms with van der Waals surface area (Å²) in [5.74, 6) is -0.0218. The van der Waals surface area contributed by atoms with Crippen molar-refractivity contribution in [2.45, 2.75) is 140 Å². The molecule has 0 aromatic carbocycles. The van der Waals surface area contributed by atoms with Crippen molar-refractivity contribution in [2.75, 3.05) is 5.75 Å².